The predicted molar refractivity (Wildman–Crippen MR) is 161 cm³/mol. The fourth-order valence-corrected chi connectivity index (χ4v) is 5.45. The van der Waals surface area contributed by atoms with Crippen LogP contribution in [0.1, 0.15) is 42.0 Å². The number of likely N-dealkylation sites (N-methyl/N-ethyl adjacent to an activating group) is 1. The zero-order chi connectivity index (χ0) is 31.0. The number of carbonyl (C=O) groups excluding carboxylic acids is 2. The lowest BCUT2D eigenvalue weighted by Crippen LogP contribution is -2.60. The molecule has 0 atom stereocenters. The van der Waals surface area contributed by atoms with E-state index >= 15 is 4.39 Å². The third-order valence-electron chi connectivity index (χ3n) is 7.87. The molecule has 0 saturated carbocycles. The van der Waals surface area contributed by atoms with E-state index in [-0.39, 0.29) is 35.6 Å². The summed E-state index contributed by atoms with van der Waals surface area (Å²) in [6.45, 7) is 16.7. The highest BCUT2D eigenvalue weighted by Gasteiger charge is 2.38. The van der Waals surface area contributed by atoms with E-state index in [0.717, 1.165) is 0 Å². The van der Waals surface area contributed by atoms with Crippen LogP contribution in [0.4, 0.5) is 31.5 Å². The molecule has 1 amide bonds. The first-order valence-corrected chi connectivity index (χ1v) is 13.5. The number of carbonyl (C=O) groups is 2. The Morgan fingerprint density at radius 3 is 2.48 bits per heavy atom. The van der Waals surface area contributed by atoms with Crippen LogP contribution in [0, 0.1) is 25.5 Å². The number of amides is 1. The van der Waals surface area contributed by atoms with Gasteiger partial charge in [0, 0.05) is 61.9 Å². The third kappa shape index (κ3) is 5.36. The van der Waals surface area contributed by atoms with Crippen molar-refractivity contribution in [2.24, 2.45) is 0 Å². The maximum atomic E-state index is 16.2. The molecule has 4 rings (SSSR count). The lowest BCUT2D eigenvalue weighted by molar-refractivity contribution is -0.142. The Morgan fingerprint density at radius 2 is 1.88 bits per heavy atom. The quantitative estimate of drug-likeness (QED) is 0.164. The first-order valence-electron chi connectivity index (χ1n) is 13.5. The average molecular weight is 579 g/mol. The normalized spacial score (nSPS) is 14.6. The molecular formula is C32H36F2N4O4. The molecule has 42 heavy (non-hydrogen) atoms. The Balaban J connectivity index is 1.85. The van der Waals surface area contributed by atoms with Gasteiger partial charge in [0.15, 0.2) is 0 Å². The number of rotatable bonds is 9. The van der Waals surface area contributed by atoms with Crippen LogP contribution in [-0.4, -0.2) is 48.1 Å². The highest BCUT2D eigenvalue weighted by atomic mass is 19.1. The van der Waals surface area contributed by atoms with Crippen LogP contribution in [-0.2, 0) is 20.9 Å². The van der Waals surface area contributed by atoms with Gasteiger partial charge in [-0.15, -0.1) is 6.58 Å². The zero-order valence-corrected chi connectivity index (χ0v) is 24.4. The smallest absolute Gasteiger partial charge is 0.302 e. The number of aliphatic hydroxyl groups is 1. The maximum Gasteiger partial charge on any atom is 0.302 e. The van der Waals surface area contributed by atoms with Crippen molar-refractivity contribution >= 4 is 40.2 Å². The first kappa shape index (κ1) is 30.4. The summed E-state index contributed by atoms with van der Waals surface area (Å²) in [7, 11) is 1.75. The molecule has 1 saturated heterocycles. The molecule has 0 aromatic heterocycles. The van der Waals surface area contributed by atoms with Gasteiger partial charge in [-0.1, -0.05) is 19.2 Å². The summed E-state index contributed by atoms with van der Waals surface area (Å²) < 4.78 is 36.0. The Kier molecular flexibility index (Phi) is 8.47. The topological polar surface area (TPSA) is 99.3 Å². The van der Waals surface area contributed by atoms with Gasteiger partial charge < -0.3 is 30.3 Å². The van der Waals surface area contributed by atoms with Crippen molar-refractivity contribution < 1.29 is 28.2 Å². The van der Waals surface area contributed by atoms with E-state index in [2.05, 4.69) is 19.7 Å². The molecule has 10 heteroatoms. The van der Waals surface area contributed by atoms with Crippen LogP contribution in [0.2, 0.25) is 0 Å². The Hall–Kier alpha value is -4.60. The first-order chi connectivity index (χ1) is 19.8. The number of ether oxygens (including phenoxy) is 1. The minimum Gasteiger partial charge on any atom is -0.508 e. The largest absolute Gasteiger partial charge is 0.508 e. The molecule has 2 aliphatic heterocycles. The van der Waals surface area contributed by atoms with E-state index in [1.165, 1.54) is 19.1 Å². The summed E-state index contributed by atoms with van der Waals surface area (Å²) >= 11 is 0. The van der Waals surface area contributed by atoms with Gasteiger partial charge in [0.05, 0.1) is 28.8 Å². The molecule has 222 valence electrons. The fraction of sp³-hybridized carbons (Fsp3) is 0.312. The highest BCUT2D eigenvalue weighted by Crippen LogP contribution is 2.50. The van der Waals surface area contributed by atoms with Crippen LogP contribution in [0.3, 0.4) is 0 Å². The van der Waals surface area contributed by atoms with Crippen molar-refractivity contribution in [1.82, 2.24) is 4.90 Å². The standard InChI is InChI=1S/C32H36F2N4O4/c1-8-9-10-28(41)36(7)23-13-37(14-23)32-19(4)31-29(18(3)30(32)34)17(2)24(20(5)39)15-38(31)27-12-26(35)25(33)11-22(27)16-42-21(6)40/h8,11-12,15,23,39H,1-2,5,9-10,13-14,16,35H2,3-4,6-7H3. The van der Waals surface area contributed by atoms with Gasteiger partial charge in [-0.2, -0.15) is 0 Å². The number of aliphatic hydroxyl groups excluding tert-OH is 1. The summed E-state index contributed by atoms with van der Waals surface area (Å²) in [5.74, 6) is -1.98. The molecule has 1 fully saturated rings. The van der Waals surface area contributed by atoms with Crippen molar-refractivity contribution in [3.8, 4) is 0 Å². The Labute approximate surface area is 244 Å². The number of esters is 1. The number of halogens is 2. The molecule has 2 heterocycles. The van der Waals surface area contributed by atoms with Crippen LogP contribution < -0.4 is 15.5 Å². The molecule has 0 radical (unpaired) electrons. The molecule has 3 N–H and O–H groups in total. The molecule has 0 spiro atoms. The zero-order valence-electron chi connectivity index (χ0n) is 24.4. The van der Waals surface area contributed by atoms with Crippen molar-refractivity contribution in [1.29, 1.82) is 0 Å². The number of benzene rings is 2. The number of hydrogen-bond acceptors (Lipinski definition) is 7. The lowest BCUT2D eigenvalue weighted by Gasteiger charge is -2.47. The molecule has 0 bridgehead atoms. The lowest BCUT2D eigenvalue weighted by atomic mass is 9.86. The number of fused-ring (bicyclic) bond motifs is 1. The summed E-state index contributed by atoms with van der Waals surface area (Å²) in [5.41, 5.74) is 9.34. The molecule has 2 aromatic rings. The SMILES string of the molecule is C=CCCC(=O)N(C)C1CN(c2c(C)c3c(c(C)c2F)C(=C)C(C(=C)O)=CN3c2cc(N)c(F)cc2COC(C)=O)C1. The van der Waals surface area contributed by atoms with Crippen molar-refractivity contribution in [3.05, 3.63) is 89.4 Å². The van der Waals surface area contributed by atoms with Gasteiger partial charge in [0.2, 0.25) is 5.91 Å². The van der Waals surface area contributed by atoms with E-state index in [1.54, 1.807) is 43.0 Å². The molecule has 0 aliphatic carbocycles. The van der Waals surface area contributed by atoms with Crippen molar-refractivity contribution in [2.75, 3.05) is 35.7 Å². The monoisotopic (exact) mass is 578 g/mol. The number of nitrogens with zero attached hydrogens (tertiary/aromatic N) is 3. The second kappa shape index (κ2) is 11.7. The van der Waals surface area contributed by atoms with Crippen LogP contribution in [0.15, 0.2) is 55.5 Å². The summed E-state index contributed by atoms with van der Waals surface area (Å²) in [4.78, 5) is 29.4. The fourth-order valence-electron chi connectivity index (χ4n) is 5.45. The second-order valence-corrected chi connectivity index (χ2v) is 10.6. The molecule has 2 aliphatic rings. The minimum atomic E-state index is -0.690. The number of allylic oxidation sites excluding steroid dienone is 2. The molecular weight excluding hydrogens is 542 g/mol. The molecule has 8 nitrogen and oxygen atoms in total. The molecule has 2 aromatic carbocycles. The van der Waals surface area contributed by atoms with E-state index in [4.69, 9.17) is 10.5 Å². The minimum absolute atomic E-state index is 0.00283. The van der Waals surface area contributed by atoms with Crippen LogP contribution in [0.5, 0.6) is 0 Å². The van der Waals surface area contributed by atoms with Crippen LogP contribution >= 0.6 is 0 Å². The van der Waals surface area contributed by atoms with Gasteiger partial charge in [-0.3, -0.25) is 9.59 Å². The second-order valence-electron chi connectivity index (χ2n) is 10.6. The maximum absolute atomic E-state index is 16.2. The van der Waals surface area contributed by atoms with E-state index in [9.17, 15) is 19.1 Å². The van der Waals surface area contributed by atoms with Gasteiger partial charge >= 0.3 is 5.97 Å². The van der Waals surface area contributed by atoms with Gasteiger partial charge in [0.1, 0.15) is 24.0 Å². The van der Waals surface area contributed by atoms with E-state index in [0.29, 0.717) is 70.8 Å². The highest BCUT2D eigenvalue weighted by molar-refractivity contribution is 5.98. The van der Waals surface area contributed by atoms with Gasteiger partial charge in [0.25, 0.3) is 0 Å². The number of nitrogens with two attached hydrogens (primary N) is 1. The third-order valence-corrected chi connectivity index (χ3v) is 7.87. The van der Waals surface area contributed by atoms with E-state index in [1.807, 2.05) is 4.90 Å². The van der Waals surface area contributed by atoms with E-state index < -0.39 is 17.6 Å². The van der Waals surface area contributed by atoms with Crippen molar-refractivity contribution in [2.45, 2.75) is 46.3 Å². The van der Waals surface area contributed by atoms with Gasteiger partial charge in [-0.05, 0) is 43.5 Å². The predicted octanol–water partition coefficient (Wildman–Crippen LogP) is 5.96. The average Bonchev–Trinajstić information content (AvgIpc) is 2.91. The Morgan fingerprint density at radius 1 is 1.21 bits per heavy atom. The van der Waals surface area contributed by atoms with Gasteiger partial charge in [-0.25, -0.2) is 8.78 Å². The molecule has 0 unspecified atom stereocenters. The van der Waals surface area contributed by atoms with Crippen LogP contribution in [0.25, 0.3) is 5.57 Å². The Bertz CT molecular complexity index is 1540. The van der Waals surface area contributed by atoms with Crippen molar-refractivity contribution in [3.63, 3.8) is 0 Å². The number of anilines is 4. The summed E-state index contributed by atoms with van der Waals surface area (Å²) in [6.07, 6.45) is 4.22. The number of nitrogen functional groups attached to an aromatic ring is 1. The summed E-state index contributed by atoms with van der Waals surface area (Å²) in [5, 5.41) is 10.4. The summed E-state index contributed by atoms with van der Waals surface area (Å²) in [6, 6.07) is 2.51. The number of hydrogen-bond donors (Lipinski definition) is 2.